The molecule has 9 N–H and O–H groups in total. The summed E-state index contributed by atoms with van der Waals surface area (Å²) in [6.07, 6.45) is 0. The third-order valence-corrected chi connectivity index (χ3v) is 11.3. The molecular weight excluding hydrogens is 987 g/mol. The number of fused-ring (bicyclic) bond motifs is 4. The van der Waals surface area contributed by atoms with Gasteiger partial charge in [-0.3, -0.25) is 14.7 Å². The van der Waals surface area contributed by atoms with Crippen molar-refractivity contribution in [2.24, 2.45) is 0 Å². The van der Waals surface area contributed by atoms with E-state index < -0.39 is 89.9 Å². The van der Waals surface area contributed by atoms with Crippen LogP contribution in [-0.4, -0.2) is 114 Å². The summed E-state index contributed by atoms with van der Waals surface area (Å²) in [7, 11) is -3.07. The quantitative estimate of drug-likeness (QED) is 0.0335. The van der Waals surface area contributed by atoms with Crippen molar-refractivity contribution in [2.75, 3.05) is 7.11 Å². The number of carbonyl (C=O) groups is 8. The van der Waals surface area contributed by atoms with Gasteiger partial charge in [0.05, 0.1) is 61.9 Å². The van der Waals surface area contributed by atoms with Crippen LogP contribution >= 0.6 is 0 Å². The summed E-state index contributed by atoms with van der Waals surface area (Å²) >= 11 is 0. The van der Waals surface area contributed by atoms with E-state index in [0.717, 1.165) is 30.3 Å². The van der Waals surface area contributed by atoms with E-state index in [-0.39, 0.29) is 44.1 Å². The second-order valence-electron chi connectivity index (χ2n) is 14.8. The first-order valence-electron chi connectivity index (χ1n) is 20.0. The van der Waals surface area contributed by atoms with E-state index in [0.29, 0.717) is 32.7 Å². The molecule has 0 aliphatic carbocycles. The number of carboxylic acid groups (broad SMARTS) is 8. The highest BCUT2D eigenvalue weighted by Gasteiger charge is 2.23. The summed E-state index contributed by atoms with van der Waals surface area (Å²) in [5.41, 5.74) is -3.02. The zero-order chi connectivity index (χ0) is 54.2. The van der Waals surface area contributed by atoms with Crippen LogP contribution in [0.3, 0.4) is 0 Å². The fraction of sp³-hybridized carbons (Fsp3) is 0.0204. The molecule has 0 spiro atoms. The number of non-ortho nitro benzene ring substituents is 1. The standard InChI is InChI=1S/C13H10O5.C12H7NO6.C12H8O7S.C12H8O4/c1-18-11-4-2-3-7-5-9(12(14)15)10(13(16)17)6-8(7)11;14-11(15)8-4-6-2-1-3-10(13(18)19)7(6)5-9(8)12(16)17;13-11(14)8-4-6-2-1-3-10(20(17,18)19)7(6)5-9(8)12(15)16;13-11(14)9-5-7-3-1-2-4-8(7)6-10(9)12(15)16/h2-6H,1H3,(H,14,15)(H,16,17);1-5H,(H,14,15)(H,16,17);1-5H,(H,13,14)(H,15,16)(H,17,18,19);1-6H,(H,13,14)(H,15,16). The van der Waals surface area contributed by atoms with Crippen LogP contribution < -0.4 is 4.74 Å². The first kappa shape index (κ1) is 53.6. The number of hydrogen-bond acceptors (Lipinski definition) is 13. The summed E-state index contributed by atoms with van der Waals surface area (Å²) in [4.78, 5) is 97.7. The van der Waals surface area contributed by atoms with Crippen LogP contribution in [0.2, 0.25) is 0 Å². The molecule has 0 fully saturated rings. The molecule has 0 radical (unpaired) electrons. The minimum absolute atomic E-state index is 0.0580. The largest absolute Gasteiger partial charge is 0.496 e. The van der Waals surface area contributed by atoms with E-state index in [1.54, 1.807) is 42.5 Å². The first-order valence-corrected chi connectivity index (χ1v) is 21.5. The Labute approximate surface area is 407 Å². The summed E-state index contributed by atoms with van der Waals surface area (Å²) in [6, 6.07) is 29.6. The molecule has 0 aromatic heterocycles. The summed E-state index contributed by atoms with van der Waals surface area (Å²) in [5.74, 6) is -10.3. The number of ether oxygens (including phenoxy) is 1. The van der Waals surface area contributed by atoms with Gasteiger partial charge in [0.15, 0.2) is 0 Å². The van der Waals surface area contributed by atoms with E-state index >= 15 is 0 Å². The molecule has 0 aliphatic heterocycles. The summed E-state index contributed by atoms with van der Waals surface area (Å²) in [6.45, 7) is 0. The number of aromatic carboxylic acids is 8. The van der Waals surface area contributed by atoms with Gasteiger partial charge in [0, 0.05) is 16.8 Å². The number of benzene rings is 8. The number of nitro benzene ring substituents is 1. The van der Waals surface area contributed by atoms with Crippen LogP contribution in [0.4, 0.5) is 5.69 Å². The molecule has 0 unspecified atom stereocenters. The zero-order valence-electron chi connectivity index (χ0n) is 36.8. The maximum atomic E-state index is 11.2. The van der Waals surface area contributed by atoms with Gasteiger partial charge in [-0.05, 0) is 87.6 Å². The second-order valence-corrected chi connectivity index (χ2v) is 16.2. The Morgan fingerprint density at radius 3 is 1.05 bits per heavy atom. The van der Waals surface area contributed by atoms with Gasteiger partial charge in [0.1, 0.15) is 10.6 Å². The SMILES string of the molecule is COc1cccc2cc(C(=O)O)c(C(=O)O)cc12.O=C(O)c1cc2cccc(S(=O)(=O)O)c2cc1C(=O)O.O=C(O)c1cc2cccc([N+](=O)[O-])c2cc1C(=O)O.O=C(O)c1cc2ccccc2cc1C(=O)O. The number of methoxy groups -OCH3 is 1. The molecule has 0 heterocycles. The van der Waals surface area contributed by atoms with Gasteiger partial charge in [-0.25, -0.2) is 38.4 Å². The maximum Gasteiger partial charge on any atom is 0.336 e. The molecule has 0 aliphatic rings. The normalized spacial score (nSPS) is 10.6. The minimum atomic E-state index is -4.55. The molecule has 0 bridgehead atoms. The monoisotopic (exact) mass is 1020 g/mol. The Morgan fingerprint density at radius 2 is 0.699 bits per heavy atom. The maximum absolute atomic E-state index is 11.2. The van der Waals surface area contributed by atoms with E-state index in [2.05, 4.69) is 0 Å². The molecule has 73 heavy (non-hydrogen) atoms. The molecule has 8 aromatic rings. The van der Waals surface area contributed by atoms with Crippen molar-refractivity contribution >= 4 is 107 Å². The highest BCUT2D eigenvalue weighted by Crippen LogP contribution is 2.31. The lowest BCUT2D eigenvalue weighted by molar-refractivity contribution is -0.383. The van der Waals surface area contributed by atoms with E-state index in [1.807, 2.05) is 0 Å². The smallest absolute Gasteiger partial charge is 0.336 e. The predicted octanol–water partition coefficient (Wildman–Crippen LogP) is 8.11. The van der Waals surface area contributed by atoms with E-state index in [1.165, 1.54) is 61.7 Å². The number of hydrogen-bond donors (Lipinski definition) is 9. The third kappa shape index (κ3) is 12.1. The Bertz CT molecular complexity index is 3720. The fourth-order valence-corrected chi connectivity index (χ4v) is 7.83. The van der Waals surface area contributed by atoms with Crippen molar-refractivity contribution in [3.63, 3.8) is 0 Å². The van der Waals surface area contributed by atoms with Crippen LogP contribution in [0.1, 0.15) is 82.9 Å². The van der Waals surface area contributed by atoms with Crippen molar-refractivity contribution in [3.05, 3.63) is 182 Å². The number of nitro groups is 1. The van der Waals surface area contributed by atoms with Crippen molar-refractivity contribution in [1.82, 2.24) is 0 Å². The van der Waals surface area contributed by atoms with Crippen molar-refractivity contribution < 1.29 is 102 Å². The van der Waals surface area contributed by atoms with Gasteiger partial charge in [0.25, 0.3) is 15.8 Å². The highest BCUT2D eigenvalue weighted by molar-refractivity contribution is 7.86. The van der Waals surface area contributed by atoms with Gasteiger partial charge in [-0.15, -0.1) is 0 Å². The summed E-state index contributed by atoms with van der Waals surface area (Å²) in [5, 5.41) is 85.8. The van der Waals surface area contributed by atoms with Gasteiger partial charge >= 0.3 is 47.8 Å². The Balaban J connectivity index is 0.000000181. The second kappa shape index (κ2) is 22.0. The van der Waals surface area contributed by atoms with E-state index in [4.69, 9.17) is 50.1 Å². The minimum Gasteiger partial charge on any atom is -0.496 e. The molecule has 24 heteroatoms. The molecule has 8 rings (SSSR count). The molecule has 0 amide bonds. The lowest BCUT2D eigenvalue weighted by atomic mass is 10.00. The van der Waals surface area contributed by atoms with Crippen molar-refractivity contribution in [2.45, 2.75) is 4.90 Å². The predicted molar refractivity (Wildman–Crippen MR) is 254 cm³/mol. The Kier molecular flexibility index (Phi) is 16.1. The van der Waals surface area contributed by atoms with Crippen molar-refractivity contribution in [1.29, 1.82) is 0 Å². The molecule has 372 valence electrons. The van der Waals surface area contributed by atoms with Crippen LogP contribution in [0.15, 0.2) is 132 Å². The van der Waals surface area contributed by atoms with Gasteiger partial charge < -0.3 is 45.6 Å². The van der Waals surface area contributed by atoms with Gasteiger partial charge in [0.2, 0.25) is 0 Å². The van der Waals surface area contributed by atoms with Crippen LogP contribution in [0, 0.1) is 10.1 Å². The Hall–Kier alpha value is -10.3. The molecule has 0 atom stereocenters. The molecule has 0 saturated carbocycles. The topological polar surface area (TPSA) is 405 Å². The lowest BCUT2D eigenvalue weighted by Crippen LogP contribution is -2.09. The highest BCUT2D eigenvalue weighted by atomic mass is 32.2. The molecule has 8 aromatic carbocycles. The average Bonchev–Trinajstić information content (AvgIpc) is 3.34. The Morgan fingerprint density at radius 1 is 0.411 bits per heavy atom. The van der Waals surface area contributed by atoms with Crippen LogP contribution in [0.25, 0.3) is 43.1 Å². The number of nitrogens with zero attached hydrogens (tertiary/aromatic N) is 1. The molecule has 0 saturated heterocycles. The van der Waals surface area contributed by atoms with E-state index in [9.17, 15) is 56.9 Å². The molecular formula is C49H33NO22S. The third-order valence-electron chi connectivity index (χ3n) is 10.4. The summed E-state index contributed by atoms with van der Waals surface area (Å²) < 4.78 is 36.7. The van der Waals surface area contributed by atoms with Gasteiger partial charge in [-0.2, -0.15) is 8.42 Å². The number of carboxylic acids is 8. The van der Waals surface area contributed by atoms with Crippen LogP contribution in [-0.2, 0) is 10.1 Å². The van der Waals surface area contributed by atoms with Gasteiger partial charge in [-0.1, -0.05) is 60.7 Å². The average molecular weight is 1020 g/mol. The first-order chi connectivity index (χ1) is 34.3. The zero-order valence-corrected chi connectivity index (χ0v) is 37.6. The fourth-order valence-electron chi connectivity index (χ4n) is 7.12. The number of rotatable bonds is 11. The van der Waals surface area contributed by atoms with Crippen LogP contribution in [0.5, 0.6) is 5.75 Å². The molecule has 23 nitrogen and oxygen atoms in total. The van der Waals surface area contributed by atoms with Crippen molar-refractivity contribution in [3.8, 4) is 5.75 Å². The lowest BCUT2D eigenvalue weighted by Gasteiger charge is -2.08.